The fourth-order valence-electron chi connectivity index (χ4n) is 3.61. The number of hydrogen-bond acceptors (Lipinski definition) is 3. The maximum absolute atomic E-state index is 12.6. The predicted molar refractivity (Wildman–Crippen MR) is 104 cm³/mol. The Kier molecular flexibility index (Phi) is 6.45. The van der Waals surface area contributed by atoms with Crippen LogP contribution < -0.4 is 5.32 Å². The number of carbonyl (C=O) groups is 1. The van der Waals surface area contributed by atoms with Crippen molar-refractivity contribution in [2.45, 2.75) is 58.5 Å². The van der Waals surface area contributed by atoms with Crippen LogP contribution in [-0.4, -0.2) is 40.1 Å². The SMILES string of the molecule is Cc1cc(C[C@@H](C)NC(=O)c2cccc(CN3CCCCCC3)c2)n[nH]1. The van der Waals surface area contributed by atoms with Crippen molar-refractivity contribution in [2.24, 2.45) is 0 Å². The van der Waals surface area contributed by atoms with Crippen molar-refractivity contribution in [3.8, 4) is 0 Å². The molecule has 0 spiro atoms. The molecule has 1 aromatic heterocycles. The monoisotopic (exact) mass is 354 g/mol. The van der Waals surface area contributed by atoms with Crippen molar-refractivity contribution in [1.82, 2.24) is 20.4 Å². The Balaban J connectivity index is 1.56. The number of rotatable bonds is 6. The van der Waals surface area contributed by atoms with Crippen LogP contribution >= 0.6 is 0 Å². The van der Waals surface area contributed by atoms with Crippen LogP contribution in [0.25, 0.3) is 0 Å². The minimum Gasteiger partial charge on any atom is -0.349 e. The molecule has 1 aliphatic heterocycles. The highest BCUT2D eigenvalue weighted by molar-refractivity contribution is 5.94. The number of aromatic nitrogens is 2. The van der Waals surface area contributed by atoms with Crippen LogP contribution in [0.3, 0.4) is 0 Å². The first-order valence-electron chi connectivity index (χ1n) is 9.73. The second-order valence-corrected chi connectivity index (χ2v) is 7.51. The number of likely N-dealkylation sites (tertiary alicyclic amines) is 1. The number of carbonyl (C=O) groups excluding carboxylic acids is 1. The quantitative estimate of drug-likeness (QED) is 0.835. The van der Waals surface area contributed by atoms with E-state index in [1.54, 1.807) is 0 Å². The van der Waals surface area contributed by atoms with Gasteiger partial charge in [-0.25, -0.2) is 0 Å². The van der Waals surface area contributed by atoms with Gasteiger partial charge in [-0.1, -0.05) is 25.0 Å². The average Bonchev–Trinajstić information content (AvgIpc) is 2.86. The number of H-pyrrole nitrogens is 1. The van der Waals surface area contributed by atoms with Crippen LogP contribution in [0.2, 0.25) is 0 Å². The Hall–Kier alpha value is -2.14. The molecule has 3 rings (SSSR count). The van der Waals surface area contributed by atoms with E-state index < -0.39 is 0 Å². The van der Waals surface area contributed by atoms with Gasteiger partial charge in [0.15, 0.2) is 0 Å². The first kappa shape index (κ1) is 18.6. The van der Waals surface area contributed by atoms with Crippen molar-refractivity contribution in [3.05, 3.63) is 52.8 Å². The van der Waals surface area contributed by atoms with Crippen LogP contribution in [0, 0.1) is 6.92 Å². The molecule has 1 atom stereocenters. The summed E-state index contributed by atoms with van der Waals surface area (Å²) in [6, 6.07) is 10.1. The van der Waals surface area contributed by atoms with Gasteiger partial charge in [-0.15, -0.1) is 0 Å². The summed E-state index contributed by atoms with van der Waals surface area (Å²) in [7, 11) is 0. The van der Waals surface area contributed by atoms with E-state index in [4.69, 9.17) is 0 Å². The molecule has 1 aromatic carbocycles. The Bertz CT molecular complexity index is 716. The van der Waals surface area contributed by atoms with Gasteiger partial charge < -0.3 is 5.32 Å². The summed E-state index contributed by atoms with van der Waals surface area (Å²) in [5.74, 6) is -0.0116. The smallest absolute Gasteiger partial charge is 0.251 e. The van der Waals surface area contributed by atoms with E-state index in [1.807, 2.05) is 38.1 Å². The third-order valence-electron chi connectivity index (χ3n) is 4.95. The van der Waals surface area contributed by atoms with E-state index in [0.29, 0.717) is 0 Å². The van der Waals surface area contributed by atoms with Gasteiger partial charge in [-0.3, -0.25) is 14.8 Å². The lowest BCUT2D eigenvalue weighted by Crippen LogP contribution is -2.34. The molecule has 5 nitrogen and oxygen atoms in total. The highest BCUT2D eigenvalue weighted by atomic mass is 16.1. The second-order valence-electron chi connectivity index (χ2n) is 7.51. The molecule has 0 radical (unpaired) electrons. The van der Waals surface area contributed by atoms with E-state index in [0.717, 1.165) is 43.0 Å². The zero-order valence-electron chi connectivity index (χ0n) is 15.9. The van der Waals surface area contributed by atoms with Gasteiger partial charge in [0.05, 0.1) is 5.69 Å². The van der Waals surface area contributed by atoms with E-state index >= 15 is 0 Å². The fourth-order valence-corrected chi connectivity index (χ4v) is 3.61. The van der Waals surface area contributed by atoms with Crippen molar-refractivity contribution in [3.63, 3.8) is 0 Å². The van der Waals surface area contributed by atoms with Gasteiger partial charge >= 0.3 is 0 Å². The summed E-state index contributed by atoms with van der Waals surface area (Å²) in [4.78, 5) is 15.1. The Labute approximate surface area is 156 Å². The Morgan fingerprint density at radius 1 is 1.23 bits per heavy atom. The van der Waals surface area contributed by atoms with Crippen LogP contribution in [-0.2, 0) is 13.0 Å². The standard InChI is InChI=1S/C21H30N4O/c1-16(12-20-13-17(2)23-24-20)22-21(26)19-9-7-8-18(14-19)15-25-10-5-3-4-6-11-25/h7-9,13-14,16H,3-6,10-12,15H2,1-2H3,(H,22,26)(H,23,24)/t16-/m1/s1. The molecule has 1 saturated heterocycles. The zero-order valence-corrected chi connectivity index (χ0v) is 15.9. The number of benzene rings is 1. The van der Waals surface area contributed by atoms with Gasteiger partial charge in [0.2, 0.25) is 0 Å². The normalized spacial score (nSPS) is 16.8. The maximum atomic E-state index is 12.6. The number of amides is 1. The highest BCUT2D eigenvalue weighted by Gasteiger charge is 2.14. The molecule has 2 N–H and O–H groups in total. The Morgan fingerprint density at radius 2 is 2.00 bits per heavy atom. The Morgan fingerprint density at radius 3 is 2.69 bits per heavy atom. The van der Waals surface area contributed by atoms with Crippen LogP contribution in [0.15, 0.2) is 30.3 Å². The van der Waals surface area contributed by atoms with Gasteiger partial charge in [0, 0.05) is 30.3 Å². The molecule has 5 heteroatoms. The zero-order chi connectivity index (χ0) is 18.4. The molecule has 0 unspecified atom stereocenters. The van der Waals surface area contributed by atoms with Gasteiger partial charge in [-0.05, 0) is 63.5 Å². The van der Waals surface area contributed by atoms with Crippen molar-refractivity contribution in [1.29, 1.82) is 0 Å². The molecule has 0 saturated carbocycles. The van der Waals surface area contributed by atoms with E-state index in [2.05, 4.69) is 26.5 Å². The van der Waals surface area contributed by atoms with Gasteiger partial charge in [0.1, 0.15) is 0 Å². The lowest BCUT2D eigenvalue weighted by molar-refractivity contribution is 0.0939. The topological polar surface area (TPSA) is 61.0 Å². The average molecular weight is 354 g/mol. The molecule has 2 aromatic rings. The summed E-state index contributed by atoms with van der Waals surface area (Å²) in [6.45, 7) is 7.26. The summed E-state index contributed by atoms with van der Waals surface area (Å²) in [5.41, 5.74) is 3.97. The number of aromatic amines is 1. The first-order chi connectivity index (χ1) is 12.6. The lowest BCUT2D eigenvalue weighted by atomic mass is 10.1. The number of nitrogens with zero attached hydrogens (tertiary/aromatic N) is 2. The highest BCUT2D eigenvalue weighted by Crippen LogP contribution is 2.14. The largest absolute Gasteiger partial charge is 0.349 e. The molecule has 2 heterocycles. The molecule has 1 amide bonds. The molecule has 140 valence electrons. The lowest BCUT2D eigenvalue weighted by Gasteiger charge is -2.20. The fraction of sp³-hybridized carbons (Fsp3) is 0.524. The summed E-state index contributed by atoms with van der Waals surface area (Å²) in [6.07, 6.45) is 5.97. The molecule has 1 aliphatic rings. The molecule has 0 aliphatic carbocycles. The molecule has 26 heavy (non-hydrogen) atoms. The van der Waals surface area contributed by atoms with Gasteiger partial charge in [0.25, 0.3) is 5.91 Å². The summed E-state index contributed by atoms with van der Waals surface area (Å²) < 4.78 is 0. The molecule has 1 fully saturated rings. The number of hydrogen-bond donors (Lipinski definition) is 2. The van der Waals surface area contributed by atoms with Crippen molar-refractivity contribution >= 4 is 5.91 Å². The number of aryl methyl sites for hydroxylation is 1. The van der Waals surface area contributed by atoms with Crippen LogP contribution in [0.4, 0.5) is 0 Å². The van der Waals surface area contributed by atoms with Crippen molar-refractivity contribution < 1.29 is 4.79 Å². The van der Waals surface area contributed by atoms with Crippen molar-refractivity contribution in [2.75, 3.05) is 13.1 Å². The minimum atomic E-state index is -0.0116. The third kappa shape index (κ3) is 5.43. The van der Waals surface area contributed by atoms with E-state index in [9.17, 15) is 4.79 Å². The maximum Gasteiger partial charge on any atom is 0.251 e. The summed E-state index contributed by atoms with van der Waals surface area (Å²) in [5, 5.41) is 10.3. The summed E-state index contributed by atoms with van der Waals surface area (Å²) >= 11 is 0. The number of nitrogens with one attached hydrogen (secondary N) is 2. The van der Waals surface area contributed by atoms with Gasteiger partial charge in [-0.2, -0.15) is 5.10 Å². The molecular weight excluding hydrogens is 324 g/mol. The molecule has 0 bridgehead atoms. The predicted octanol–water partition coefficient (Wildman–Crippen LogP) is 3.46. The van der Waals surface area contributed by atoms with Crippen LogP contribution in [0.5, 0.6) is 0 Å². The van der Waals surface area contributed by atoms with E-state index in [1.165, 1.54) is 31.2 Å². The second kappa shape index (κ2) is 8.99. The van der Waals surface area contributed by atoms with E-state index in [-0.39, 0.29) is 11.9 Å². The molecular formula is C21H30N4O. The first-order valence-corrected chi connectivity index (χ1v) is 9.73. The third-order valence-corrected chi connectivity index (χ3v) is 4.95. The minimum absolute atomic E-state index is 0.0116. The van der Waals surface area contributed by atoms with Crippen LogP contribution in [0.1, 0.15) is 59.9 Å².